The number of anilines is 1. The molecule has 37 heavy (non-hydrogen) atoms. The number of hydrogen-bond donors (Lipinski definition) is 2. The Kier molecular flexibility index (Phi) is 7.91. The number of hydrogen-bond acceptors (Lipinski definition) is 4. The number of aryl methyl sites for hydroxylation is 1. The van der Waals surface area contributed by atoms with E-state index in [1.54, 1.807) is 24.3 Å². The number of nitrogens with two attached hydrogens (primary N) is 1. The highest BCUT2D eigenvalue weighted by Crippen LogP contribution is 2.31. The molecular weight excluding hydrogens is 486 g/mol. The van der Waals surface area contributed by atoms with E-state index in [1.807, 2.05) is 85.8 Å². The van der Waals surface area contributed by atoms with Gasteiger partial charge in [0.15, 0.2) is 5.96 Å². The summed E-state index contributed by atoms with van der Waals surface area (Å²) in [5.41, 5.74) is 12.2. The third-order valence-corrected chi connectivity index (χ3v) is 5.78. The van der Waals surface area contributed by atoms with Crippen molar-refractivity contribution in [3.63, 3.8) is 0 Å². The van der Waals surface area contributed by atoms with Gasteiger partial charge in [0, 0.05) is 11.5 Å². The van der Waals surface area contributed by atoms with Crippen molar-refractivity contribution in [2.75, 3.05) is 5.32 Å². The van der Waals surface area contributed by atoms with Crippen LogP contribution < -0.4 is 15.8 Å². The SMILES string of the molecule is Cc1ccc(CN=C(N)Nc2cccc3oc(OC(=O)c4ccc(-c5ccccc5)cc4)cc23)cc1.Cl. The third-order valence-electron chi connectivity index (χ3n) is 5.78. The minimum absolute atomic E-state index is 0. The lowest BCUT2D eigenvalue weighted by Gasteiger charge is -2.06. The molecule has 0 bridgehead atoms. The molecule has 7 heteroatoms. The molecular formula is C30H26ClN3O3. The molecule has 4 aromatic carbocycles. The van der Waals surface area contributed by atoms with Gasteiger partial charge in [-0.1, -0.05) is 78.4 Å². The number of ether oxygens (including phenoxy) is 1. The summed E-state index contributed by atoms with van der Waals surface area (Å²) in [5.74, 6) is -0.116. The molecule has 0 atom stereocenters. The third kappa shape index (κ3) is 6.18. The lowest BCUT2D eigenvalue weighted by Crippen LogP contribution is -2.22. The Balaban J connectivity index is 0.00000320. The Morgan fingerprint density at radius 3 is 2.32 bits per heavy atom. The van der Waals surface area contributed by atoms with Crippen LogP contribution in [-0.4, -0.2) is 11.9 Å². The maximum absolute atomic E-state index is 12.7. The van der Waals surface area contributed by atoms with Crippen molar-refractivity contribution in [3.05, 3.63) is 120 Å². The summed E-state index contributed by atoms with van der Waals surface area (Å²) in [4.78, 5) is 17.1. The molecule has 0 saturated carbocycles. The number of esters is 1. The van der Waals surface area contributed by atoms with Crippen molar-refractivity contribution in [2.45, 2.75) is 13.5 Å². The molecule has 1 heterocycles. The maximum Gasteiger partial charge on any atom is 0.345 e. The highest BCUT2D eigenvalue weighted by Gasteiger charge is 2.15. The smallest absolute Gasteiger partial charge is 0.345 e. The van der Waals surface area contributed by atoms with Gasteiger partial charge >= 0.3 is 5.97 Å². The normalized spacial score (nSPS) is 11.1. The highest BCUT2D eigenvalue weighted by molar-refractivity contribution is 6.02. The summed E-state index contributed by atoms with van der Waals surface area (Å²) in [5, 5.41) is 3.84. The van der Waals surface area contributed by atoms with Crippen LogP contribution in [0.15, 0.2) is 113 Å². The predicted molar refractivity (Wildman–Crippen MR) is 150 cm³/mol. The zero-order chi connectivity index (χ0) is 24.9. The first-order valence-electron chi connectivity index (χ1n) is 11.6. The van der Waals surface area contributed by atoms with Gasteiger partial charge in [-0.15, -0.1) is 12.4 Å². The van der Waals surface area contributed by atoms with Crippen LogP contribution in [0.4, 0.5) is 5.69 Å². The molecule has 0 radical (unpaired) electrons. The lowest BCUT2D eigenvalue weighted by molar-refractivity contribution is 0.0697. The average molecular weight is 512 g/mol. The monoisotopic (exact) mass is 511 g/mol. The number of benzene rings is 4. The minimum atomic E-state index is -0.498. The zero-order valence-electron chi connectivity index (χ0n) is 20.2. The van der Waals surface area contributed by atoms with E-state index in [0.717, 1.165) is 22.1 Å². The van der Waals surface area contributed by atoms with Gasteiger partial charge in [-0.25, -0.2) is 9.79 Å². The Bertz CT molecular complexity index is 1530. The maximum atomic E-state index is 12.7. The molecule has 5 aromatic rings. The van der Waals surface area contributed by atoms with Crippen LogP contribution >= 0.6 is 12.4 Å². The summed E-state index contributed by atoms with van der Waals surface area (Å²) in [6, 6.07) is 32.5. The van der Waals surface area contributed by atoms with Gasteiger partial charge in [0.2, 0.25) is 0 Å². The minimum Gasteiger partial charge on any atom is -0.425 e. The van der Waals surface area contributed by atoms with E-state index in [1.165, 1.54) is 5.56 Å². The second kappa shape index (κ2) is 11.5. The number of guanidine groups is 1. The molecule has 0 unspecified atom stereocenters. The van der Waals surface area contributed by atoms with Gasteiger partial charge in [0.05, 0.1) is 17.8 Å². The number of halogens is 1. The summed E-state index contributed by atoms with van der Waals surface area (Å²) in [7, 11) is 0. The molecule has 5 rings (SSSR count). The van der Waals surface area contributed by atoms with E-state index < -0.39 is 5.97 Å². The number of nitrogens with zero attached hydrogens (tertiary/aromatic N) is 1. The van der Waals surface area contributed by atoms with Gasteiger partial charge in [-0.3, -0.25) is 0 Å². The molecule has 0 amide bonds. The van der Waals surface area contributed by atoms with E-state index in [9.17, 15) is 4.79 Å². The number of carbonyl (C=O) groups excluding carboxylic acids is 1. The Labute approximate surface area is 221 Å². The molecule has 186 valence electrons. The Morgan fingerprint density at radius 2 is 1.59 bits per heavy atom. The van der Waals surface area contributed by atoms with Crippen molar-refractivity contribution in [1.29, 1.82) is 0 Å². The molecule has 0 aliphatic carbocycles. The molecule has 6 nitrogen and oxygen atoms in total. The van der Waals surface area contributed by atoms with Crippen molar-refractivity contribution in [1.82, 2.24) is 0 Å². The van der Waals surface area contributed by atoms with E-state index in [-0.39, 0.29) is 24.3 Å². The number of fused-ring (bicyclic) bond motifs is 1. The standard InChI is InChI=1S/C30H25N3O3.ClH/c1-20-10-12-21(13-11-20)19-32-30(31)33-26-8-5-9-27-25(26)18-28(35-27)36-29(34)24-16-14-23(15-17-24)22-6-3-2-4-7-22;/h2-18H,19H2,1H3,(H3,31,32,33);1H. The molecule has 0 saturated heterocycles. The fraction of sp³-hybridized carbons (Fsp3) is 0.0667. The number of aliphatic imine (C=N–C) groups is 1. The molecule has 0 aliphatic rings. The van der Waals surface area contributed by atoms with Crippen LogP contribution in [0.3, 0.4) is 0 Å². The molecule has 1 aromatic heterocycles. The first-order chi connectivity index (χ1) is 17.5. The van der Waals surface area contributed by atoms with Gasteiger partial charge < -0.3 is 20.2 Å². The number of nitrogens with one attached hydrogen (secondary N) is 1. The molecule has 0 fully saturated rings. The van der Waals surface area contributed by atoms with Crippen LogP contribution in [-0.2, 0) is 6.54 Å². The Hall–Kier alpha value is -4.55. The lowest BCUT2D eigenvalue weighted by atomic mass is 10.0. The molecule has 0 spiro atoms. The fourth-order valence-corrected chi connectivity index (χ4v) is 3.82. The van der Waals surface area contributed by atoms with Crippen LogP contribution in [0.25, 0.3) is 22.1 Å². The van der Waals surface area contributed by atoms with Gasteiger partial charge in [-0.2, -0.15) is 0 Å². The first kappa shape index (κ1) is 25.5. The molecule has 3 N–H and O–H groups in total. The van der Waals surface area contributed by atoms with E-state index in [2.05, 4.69) is 10.3 Å². The Morgan fingerprint density at radius 1 is 0.892 bits per heavy atom. The quantitative estimate of drug-likeness (QED) is 0.146. The summed E-state index contributed by atoms with van der Waals surface area (Å²) in [6.45, 7) is 2.51. The highest BCUT2D eigenvalue weighted by atomic mass is 35.5. The second-order valence-corrected chi connectivity index (χ2v) is 8.43. The van der Waals surface area contributed by atoms with Crippen LogP contribution in [0.5, 0.6) is 5.95 Å². The van der Waals surface area contributed by atoms with Crippen molar-refractivity contribution in [2.24, 2.45) is 10.7 Å². The second-order valence-electron chi connectivity index (χ2n) is 8.43. The topological polar surface area (TPSA) is 89.8 Å². The van der Waals surface area contributed by atoms with Crippen molar-refractivity contribution >= 4 is 41.0 Å². The van der Waals surface area contributed by atoms with Crippen molar-refractivity contribution < 1.29 is 13.9 Å². The van der Waals surface area contributed by atoms with Gasteiger partial charge in [-0.05, 0) is 47.9 Å². The van der Waals surface area contributed by atoms with Gasteiger partial charge in [0.1, 0.15) is 5.58 Å². The summed E-state index contributed by atoms with van der Waals surface area (Å²) >= 11 is 0. The fourth-order valence-electron chi connectivity index (χ4n) is 3.82. The summed E-state index contributed by atoms with van der Waals surface area (Å²) in [6.07, 6.45) is 0. The zero-order valence-corrected chi connectivity index (χ0v) is 21.0. The van der Waals surface area contributed by atoms with E-state index >= 15 is 0 Å². The van der Waals surface area contributed by atoms with Crippen molar-refractivity contribution in [3.8, 4) is 17.1 Å². The van der Waals surface area contributed by atoms with E-state index in [0.29, 0.717) is 23.4 Å². The van der Waals surface area contributed by atoms with Crippen LogP contribution in [0.1, 0.15) is 21.5 Å². The molecule has 0 aliphatic heterocycles. The average Bonchev–Trinajstić information content (AvgIpc) is 3.32. The predicted octanol–water partition coefficient (Wildman–Crippen LogP) is 6.98. The largest absolute Gasteiger partial charge is 0.425 e. The number of carbonyl (C=O) groups is 1. The first-order valence-corrected chi connectivity index (χ1v) is 11.6. The number of furan rings is 1. The number of rotatable bonds is 6. The van der Waals surface area contributed by atoms with E-state index in [4.69, 9.17) is 14.9 Å². The van der Waals surface area contributed by atoms with Crippen LogP contribution in [0, 0.1) is 6.92 Å². The summed E-state index contributed by atoms with van der Waals surface area (Å²) < 4.78 is 11.3. The van der Waals surface area contributed by atoms with Gasteiger partial charge in [0.25, 0.3) is 5.95 Å². The van der Waals surface area contributed by atoms with Crippen LogP contribution in [0.2, 0.25) is 0 Å².